The minimum atomic E-state index is 0.579. The lowest BCUT2D eigenvalue weighted by atomic mass is 10.1. The average Bonchev–Trinajstić information content (AvgIpc) is 2.72. The normalized spacial score (nSPS) is 14.9. The van der Waals surface area contributed by atoms with Crippen LogP contribution in [0.4, 0.5) is 17.5 Å². The first-order chi connectivity index (χ1) is 13.6. The van der Waals surface area contributed by atoms with Gasteiger partial charge in [-0.1, -0.05) is 48.0 Å². The lowest BCUT2D eigenvalue weighted by Crippen LogP contribution is -2.44. The van der Waals surface area contributed by atoms with Crippen LogP contribution in [0.25, 0.3) is 11.3 Å². The molecule has 1 fully saturated rings. The van der Waals surface area contributed by atoms with E-state index in [4.69, 9.17) is 21.6 Å². The number of halogens is 1. The van der Waals surface area contributed by atoms with E-state index in [1.54, 1.807) is 0 Å². The van der Waals surface area contributed by atoms with Gasteiger partial charge in [-0.2, -0.15) is 4.98 Å². The van der Waals surface area contributed by atoms with Crippen molar-refractivity contribution in [3.05, 3.63) is 65.2 Å². The SMILES string of the molecule is Cc1ccc(Nc2nc(-c3ccccc3)cc(N3CCN(C)CC3)n2)cc1Cl. The van der Waals surface area contributed by atoms with Gasteiger partial charge in [-0.15, -0.1) is 0 Å². The molecule has 0 spiro atoms. The van der Waals surface area contributed by atoms with E-state index in [2.05, 4.69) is 40.4 Å². The first kappa shape index (κ1) is 18.7. The van der Waals surface area contributed by atoms with Crippen LogP contribution in [0.1, 0.15) is 5.56 Å². The predicted molar refractivity (Wildman–Crippen MR) is 117 cm³/mol. The largest absolute Gasteiger partial charge is 0.354 e. The number of anilines is 3. The Labute approximate surface area is 171 Å². The van der Waals surface area contributed by atoms with E-state index < -0.39 is 0 Å². The van der Waals surface area contributed by atoms with Gasteiger partial charge in [0.05, 0.1) is 5.69 Å². The Kier molecular flexibility index (Phi) is 5.46. The van der Waals surface area contributed by atoms with Crippen molar-refractivity contribution in [2.24, 2.45) is 0 Å². The van der Waals surface area contributed by atoms with Crippen molar-refractivity contribution in [3.8, 4) is 11.3 Å². The second-order valence-electron chi connectivity index (χ2n) is 7.18. The number of hydrogen-bond donors (Lipinski definition) is 1. The number of rotatable bonds is 4. The topological polar surface area (TPSA) is 44.3 Å². The summed E-state index contributed by atoms with van der Waals surface area (Å²) in [6.45, 7) is 5.96. The highest BCUT2D eigenvalue weighted by Crippen LogP contribution is 2.27. The van der Waals surface area contributed by atoms with Gasteiger partial charge in [0.1, 0.15) is 5.82 Å². The van der Waals surface area contributed by atoms with Crippen molar-refractivity contribution in [3.63, 3.8) is 0 Å². The molecule has 1 aliphatic rings. The summed E-state index contributed by atoms with van der Waals surface area (Å²) in [5.74, 6) is 1.53. The summed E-state index contributed by atoms with van der Waals surface area (Å²) in [5.41, 5.74) is 3.91. The van der Waals surface area contributed by atoms with E-state index in [1.165, 1.54) is 0 Å². The van der Waals surface area contributed by atoms with E-state index in [0.717, 1.165) is 59.5 Å². The maximum atomic E-state index is 6.28. The Hall–Kier alpha value is -2.63. The van der Waals surface area contributed by atoms with E-state index in [9.17, 15) is 0 Å². The number of likely N-dealkylation sites (N-methyl/N-ethyl adjacent to an activating group) is 1. The highest BCUT2D eigenvalue weighted by molar-refractivity contribution is 6.31. The number of aromatic nitrogens is 2. The molecule has 0 bridgehead atoms. The average molecular weight is 394 g/mol. The molecular formula is C22H24ClN5. The van der Waals surface area contributed by atoms with Gasteiger partial charge in [0.2, 0.25) is 5.95 Å². The van der Waals surface area contributed by atoms with Gasteiger partial charge in [0, 0.05) is 48.5 Å². The van der Waals surface area contributed by atoms with Gasteiger partial charge in [-0.25, -0.2) is 4.98 Å². The molecule has 2 aromatic carbocycles. The van der Waals surface area contributed by atoms with Crippen molar-refractivity contribution in [1.82, 2.24) is 14.9 Å². The second kappa shape index (κ2) is 8.17. The van der Waals surface area contributed by atoms with Crippen LogP contribution in [0, 0.1) is 6.92 Å². The van der Waals surface area contributed by atoms with Crippen LogP contribution in [0.15, 0.2) is 54.6 Å². The quantitative estimate of drug-likeness (QED) is 0.701. The molecule has 6 heteroatoms. The molecule has 4 rings (SSSR count). The maximum Gasteiger partial charge on any atom is 0.229 e. The molecule has 0 amide bonds. The summed E-state index contributed by atoms with van der Waals surface area (Å²) in [4.78, 5) is 14.2. The molecule has 28 heavy (non-hydrogen) atoms. The van der Waals surface area contributed by atoms with Crippen molar-refractivity contribution in [2.45, 2.75) is 6.92 Å². The van der Waals surface area contributed by atoms with Gasteiger partial charge < -0.3 is 15.1 Å². The molecule has 0 atom stereocenters. The molecule has 0 radical (unpaired) electrons. The van der Waals surface area contributed by atoms with E-state index in [0.29, 0.717) is 5.95 Å². The molecule has 0 saturated carbocycles. The second-order valence-corrected chi connectivity index (χ2v) is 7.59. The zero-order valence-corrected chi connectivity index (χ0v) is 16.9. The van der Waals surface area contributed by atoms with Crippen LogP contribution < -0.4 is 10.2 Å². The smallest absolute Gasteiger partial charge is 0.229 e. The third-order valence-electron chi connectivity index (χ3n) is 5.04. The van der Waals surface area contributed by atoms with Gasteiger partial charge in [0.15, 0.2) is 0 Å². The number of piperazine rings is 1. The Balaban J connectivity index is 1.70. The summed E-state index contributed by atoms with van der Waals surface area (Å²) in [5, 5.41) is 4.05. The molecule has 1 saturated heterocycles. The summed E-state index contributed by atoms with van der Waals surface area (Å²) in [6.07, 6.45) is 0. The van der Waals surface area contributed by atoms with E-state index in [1.807, 2.05) is 43.3 Å². The summed E-state index contributed by atoms with van der Waals surface area (Å²) < 4.78 is 0. The summed E-state index contributed by atoms with van der Waals surface area (Å²) in [6, 6.07) is 18.2. The zero-order chi connectivity index (χ0) is 19.5. The van der Waals surface area contributed by atoms with E-state index >= 15 is 0 Å². The molecule has 1 N–H and O–H groups in total. The molecule has 1 aliphatic heterocycles. The highest BCUT2D eigenvalue weighted by atomic mass is 35.5. The minimum Gasteiger partial charge on any atom is -0.354 e. The number of benzene rings is 2. The molecule has 1 aromatic heterocycles. The minimum absolute atomic E-state index is 0.579. The van der Waals surface area contributed by atoms with Crippen molar-refractivity contribution in [2.75, 3.05) is 43.4 Å². The van der Waals surface area contributed by atoms with Crippen molar-refractivity contribution in [1.29, 1.82) is 0 Å². The van der Waals surface area contributed by atoms with Crippen LogP contribution in [0.5, 0.6) is 0 Å². The summed E-state index contributed by atoms with van der Waals surface area (Å²) >= 11 is 6.28. The lowest BCUT2D eigenvalue weighted by Gasteiger charge is -2.33. The van der Waals surface area contributed by atoms with Gasteiger partial charge in [0.25, 0.3) is 0 Å². The van der Waals surface area contributed by atoms with Crippen molar-refractivity contribution >= 4 is 29.1 Å². The molecule has 3 aromatic rings. The van der Waals surface area contributed by atoms with Crippen LogP contribution >= 0.6 is 11.6 Å². The van der Waals surface area contributed by atoms with Gasteiger partial charge >= 0.3 is 0 Å². The van der Waals surface area contributed by atoms with Crippen LogP contribution in [0.3, 0.4) is 0 Å². The van der Waals surface area contributed by atoms with Gasteiger partial charge in [-0.3, -0.25) is 0 Å². The molecule has 2 heterocycles. The van der Waals surface area contributed by atoms with Gasteiger partial charge in [-0.05, 0) is 31.7 Å². The van der Waals surface area contributed by atoms with Crippen LogP contribution in [0.2, 0.25) is 5.02 Å². The first-order valence-corrected chi connectivity index (χ1v) is 9.87. The number of aryl methyl sites for hydroxylation is 1. The van der Waals surface area contributed by atoms with Crippen LogP contribution in [-0.2, 0) is 0 Å². The Morgan fingerprint density at radius 2 is 1.68 bits per heavy atom. The Morgan fingerprint density at radius 3 is 2.39 bits per heavy atom. The fourth-order valence-electron chi connectivity index (χ4n) is 3.24. The Morgan fingerprint density at radius 1 is 0.929 bits per heavy atom. The Bertz CT molecular complexity index is 952. The number of hydrogen-bond acceptors (Lipinski definition) is 5. The standard InChI is InChI=1S/C22H24ClN5/c1-16-8-9-18(14-19(16)23)24-22-25-20(17-6-4-3-5-7-17)15-21(26-22)28-12-10-27(2)11-13-28/h3-9,14-15H,10-13H2,1-2H3,(H,24,25,26). The molecule has 0 unspecified atom stereocenters. The fourth-order valence-corrected chi connectivity index (χ4v) is 3.42. The van der Waals surface area contributed by atoms with E-state index in [-0.39, 0.29) is 0 Å². The summed E-state index contributed by atoms with van der Waals surface area (Å²) in [7, 11) is 2.15. The molecule has 5 nitrogen and oxygen atoms in total. The van der Waals surface area contributed by atoms with Crippen molar-refractivity contribution < 1.29 is 0 Å². The number of nitrogens with one attached hydrogen (secondary N) is 1. The molecule has 0 aliphatic carbocycles. The van der Waals surface area contributed by atoms with Crippen LogP contribution in [-0.4, -0.2) is 48.1 Å². The third kappa shape index (κ3) is 4.26. The predicted octanol–water partition coefficient (Wildman–Crippen LogP) is 4.60. The first-order valence-electron chi connectivity index (χ1n) is 9.50. The maximum absolute atomic E-state index is 6.28. The zero-order valence-electron chi connectivity index (χ0n) is 16.2. The highest BCUT2D eigenvalue weighted by Gasteiger charge is 2.18. The number of nitrogens with zero attached hydrogens (tertiary/aromatic N) is 4. The lowest BCUT2D eigenvalue weighted by molar-refractivity contribution is 0.312. The molecule has 144 valence electrons. The molecular weight excluding hydrogens is 370 g/mol. The fraction of sp³-hybridized carbons (Fsp3) is 0.273. The third-order valence-corrected chi connectivity index (χ3v) is 5.44. The monoisotopic (exact) mass is 393 g/mol.